The van der Waals surface area contributed by atoms with Crippen LogP contribution in [-0.2, 0) is 14.9 Å². The van der Waals surface area contributed by atoms with Crippen molar-refractivity contribution in [2.75, 3.05) is 18.7 Å². The third-order valence-corrected chi connectivity index (χ3v) is 6.69. The van der Waals surface area contributed by atoms with Gasteiger partial charge in [-0.25, -0.2) is 0 Å². The van der Waals surface area contributed by atoms with Crippen LogP contribution in [0.15, 0.2) is 30.3 Å². The lowest BCUT2D eigenvalue weighted by Crippen LogP contribution is -2.48. The molecule has 0 bridgehead atoms. The lowest BCUT2D eigenvalue weighted by Gasteiger charge is -2.29. The first-order valence-electron chi connectivity index (χ1n) is 6.64. The largest absolute Gasteiger partial charge is 0.393 e. The fraction of sp³-hybridized carbons (Fsp3) is 0.571. The predicted molar refractivity (Wildman–Crippen MR) is 79.1 cm³/mol. The Morgan fingerprint density at radius 3 is 2.00 bits per heavy atom. The molecule has 0 atom stereocenters. The lowest BCUT2D eigenvalue weighted by atomic mass is 10.2. The monoisotopic (exact) mass is 286 g/mol. The summed E-state index contributed by atoms with van der Waals surface area (Å²) in [7, 11) is -2.29. The Bertz CT molecular complexity index is 311. The molecular weight excluding hydrogens is 264 g/mol. The Balaban J connectivity index is 2.73. The lowest BCUT2D eigenvalue weighted by molar-refractivity contribution is 0.171. The van der Waals surface area contributed by atoms with Gasteiger partial charge in [0.25, 0.3) is 0 Å². The molecule has 18 heavy (non-hydrogen) atoms. The van der Waals surface area contributed by atoms with E-state index in [4.69, 9.17) is 20.5 Å². The minimum Gasteiger partial charge on any atom is -0.393 e. The number of halogens is 1. The van der Waals surface area contributed by atoms with Crippen molar-refractivity contribution >= 4 is 20.2 Å². The SMILES string of the molecule is CCCO[Si](CCl)(Cc1ccccc1)OCCC. The second kappa shape index (κ2) is 8.70. The second-order valence-electron chi connectivity index (χ2n) is 4.40. The quantitative estimate of drug-likeness (QED) is 0.507. The van der Waals surface area contributed by atoms with Crippen molar-refractivity contribution < 1.29 is 8.85 Å². The Morgan fingerprint density at radius 2 is 1.56 bits per heavy atom. The van der Waals surface area contributed by atoms with Crippen LogP contribution in [0.25, 0.3) is 0 Å². The molecule has 0 spiro atoms. The normalized spacial score (nSPS) is 11.7. The Morgan fingerprint density at radius 1 is 1.00 bits per heavy atom. The van der Waals surface area contributed by atoms with Gasteiger partial charge in [-0.1, -0.05) is 44.2 Å². The average Bonchev–Trinajstić information content (AvgIpc) is 2.43. The van der Waals surface area contributed by atoms with Crippen LogP contribution in [0.4, 0.5) is 0 Å². The van der Waals surface area contributed by atoms with E-state index >= 15 is 0 Å². The minimum atomic E-state index is -2.29. The molecule has 0 N–H and O–H groups in total. The molecule has 1 aromatic rings. The number of alkyl halides is 1. The molecule has 0 fully saturated rings. The van der Waals surface area contributed by atoms with Gasteiger partial charge in [-0.15, -0.1) is 11.6 Å². The zero-order valence-electron chi connectivity index (χ0n) is 11.3. The molecule has 4 heteroatoms. The van der Waals surface area contributed by atoms with Crippen LogP contribution in [0.3, 0.4) is 0 Å². The van der Waals surface area contributed by atoms with Crippen LogP contribution in [0, 0.1) is 0 Å². The zero-order chi connectivity index (χ0) is 13.3. The maximum atomic E-state index is 6.16. The van der Waals surface area contributed by atoms with Crippen LogP contribution in [-0.4, -0.2) is 27.3 Å². The molecule has 0 radical (unpaired) electrons. The average molecular weight is 287 g/mol. The number of benzene rings is 1. The minimum absolute atomic E-state index is 0.488. The summed E-state index contributed by atoms with van der Waals surface area (Å²) in [6.45, 7) is 5.68. The molecule has 0 aliphatic heterocycles. The van der Waals surface area contributed by atoms with Gasteiger partial charge in [0.1, 0.15) is 0 Å². The van der Waals surface area contributed by atoms with Gasteiger partial charge < -0.3 is 8.85 Å². The molecule has 1 aromatic carbocycles. The molecule has 0 aromatic heterocycles. The van der Waals surface area contributed by atoms with Crippen molar-refractivity contribution in [3.63, 3.8) is 0 Å². The van der Waals surface area contributed by atoms with Crippen molar-refractivity contribution in [1.82, 2.24) is 0 Å². The number of hydrogen-bond donors (Lipinski definition) is 0. The number of hydrogen-bond acceptors (Lipinski definition) is 2. The van der Waals surface area contributed by atoms with Gasteiger partial charge >= 0.3 is 8.56 Å². The van der Waals surface area contributed by atoms with Gasteiger partial charge in [0.05, 0.1) is 5.50 Å². The highest BCUT2D eigenvalue weighted by Crippen LogP contribution is 2.18. The van der Waals surface area contributed by atoms with Crippen molar-refractivity contribution in [1.29, 1.82) is 0 Å². The van der Waals surface area contributed by atoms with Crippen molar-refractivity contribution in [3.8, 4) is 0 Å². The Labute approximate surface area is 117 Å². The molecule has 0 unspecified atom stereocenters. The van der Waals surface area contributed by atoms with Crippen molar-refractivity contribution in [2.24, 2.45) is 0 Å². The maximum absolute atomic E-state index is 6.16. The summed E-state index contributed by atoms with van der Waals surface area (Å²) >= 11 is 6.16. The van der Waals surface area contributed by atoms with E-state index < -0.39 is 8.56 Å². The van der Waals surface area contributed by atoms with Crippen LogP contribution in [0.2, 0.25) is 0 Å². The third kappa shape index (κ3) is 5.10. The zero-order valence-corrected chi connectivity index (χ0v) is 13.1. The van der Waals surface area contributed by atoms with E-state index in [2.05, 4.69) is 26.0 Å². The standard InChI is InChI=1S/C14H23ClO2Si/c1-3-10-16-18(13-15,17-11-4-2)12-14-8-6-5-7-9-14/h5-9H,3-4,10-13H2,1-2H3. The molecular formula is C14H23ClO2Si. The highest BCUT2D eigenvalue weighted by Gasteiger charge is 2.37. The van der Waals surface area contributed by atoms with E-state index in [0.717, 1.165) is 32.1 Å². The van der Waals surface area contributed by atoms with E-state index in [9.17, 15) is 0 Å². The van der Waals surface area contributed by atoms with Gasteiger partial charge in [-0.05, 0) is 18.4 Å². The summed E-state index contributed by atoms with van der Waals surface area (Å²) in [5.41, 5.74) is 1.74. The first-order valence-corrected chi connectivity index (χ1v) is 9.40. The van der Waals surface area contributed by atoms with Crippen molar-refractivity contribution in [3.05, 3.63) is 35.9 Å². The van der Waals surface area contributed by atoms with Gasteiger partial charge in [0.2, 0.25) is 0 Å². The summed E-state index contributed by atoms with van der Waals surface area (Å²) in [6.07, 6.45) is 1.99. The van der Waals surface area contributed by atoms with Gasteiger partial charge in [-0.2, -0.15) is 0 Å². The molecule has 0 amide bonds. The van der Waals surface area contributed by atoms with E-state index in [1.807, 2.05) is 18.2 Å². The highest BCUT2D eigenvalue weighted by molar-refractivity contribution is 6.74. The van der Waals surface area contributed by atoms with Gasteiger partial charge in [0, 0.05) is 19.3 Å². The molecule has 0 saturated heterocycles. The summed E-state index contributed by atoms with van der Waals surface area (Å²) in [5.74, 6) is 0. The first kappa shape index (κ1) is 15.7. The third-order valence-electron chi connectivity index (χ3n) is 2.66. The molecule has 0 saturated carbocycles. The smallest absolute Gasteiger partial charge is 0.357 e. The summed E-state index contributed by atoms with van der Waals surface area (Å²) in [5, 5.41) is 0. The molecule has 0 aliphatic rings. The molecule has 102 valence electrons. The Hall–Kier alpha value is -0.353. The van der Waals surface area contributed by atoms with E-state index in [1.165, 1.54) is 5.56 Å². The van der Waals surface area contributed by atoms with E-state index in [0.29, 0.717) is 5.50 Å². The number of rotatable bonds is 9. The van der Waals surface area contributed by atoms with E-state index in [1.54, 1.807) is 0 Å². The highest BCUT2D eigenvalue weighted by atomic mass is 35.5. The second-order valence-corrected chi connectivity index (χ2v) is 8.22. The van der Waals surface area contributed by atoms with Crippen LogP contribution >= 0.6 is 11.6 Å². The maximum Gasteiger partial charge on any atom is 0.357 e. The first-order chi connectivity index (χ1) is 8.76. The summed E-state index contributed by atoms with van der Waals surface area (Å²) in [6, 6.07) is 11.2. The fourth-order valence-electron chi connectivity index (χ4n) is 1.75. The van der Waals surface area contributed by atoms with Crippen molar-refractivity contribution in [2.45, 2.75) is 32.7 Å². The summed E-state index contributed by atoms with van der Waals surface area (Å²) < 4.78 is 12.0. The van der Waals surface area contributed by atoms with Crippen LogP contribution < -0.4 is 0 Å². The van der Waals surface area contributed by atoms with E-state index in [-0.39, 0.29) is 0 Å². The molecule has 0 aliphatic carbocycles. The van der Waals surface area contributed by atoms with Gasteiger partial charge in [-0.3, -0.25) is 0 Å². The summed E-state index contributed by atoms with van der Waals surface area (Å²) in [4.78, 5) is 0. The topological polar surface area (TPSA) is 18.5 Å². The van der Waals surface area contributed by atoms with Crippen LogP contribution in [0.5, 0.6) is 0 Å². The van der Waals surface area contributed by atoms with Crippen LogP contribution in [0.1, 0.15) is 32.3 Å². The molecule has 2 nitrogen and oxygen atoms in total. The fourth-order valence-corrected chi connectivity index (χ4v) is 5.04. The Kier molecular flexibility index (Phi) is 7.59. The van der Waals surface area contributed by atoms with Gasteiger partial charge in [0.15, 0.2) is 0 Å². The molecule has 1 rings (SSSR count). The predicted octanol–water partition coefficient (Wildman–Crippen LogP) is 3.84. The molecule has 0 heterocycles.